The number of likely N-dealkylation sites (tertiary alicyclic amines) is 2. The van der Waals surface area contributed by atoms with Crippen molar-refractivity contribution >= 4 is 34.6 Å². The van der Waals surface area contributed by atoms with Gasteiger partial charge in [-0.3, -0.25) is 14.8 Å². The van der Waals surface area contributed by atoms with E-state index in [1.165, 1.54) is 0 Å². The Labute approximate surface area is 287 Å². The number of carbonyl (C=O) groups excluding carboxylic acids is 3. The Morgan fingerprint density at radius 1 is 0.898 bits per heavy atom. The minimum absolute atomic E-state index is 0.000901. The van der Waals surface area contributed by atoms with Crippen LogP contribution in [-0.2, 0) is 22.4 Å². The van der Waals surface area contributed by atoms with E-state index in [-0.39, 0.29) is 18.0 Å². The molecule has 3 saturated heterocycles. The molecule has 3 fully saturated rings. The largest absolute Gasteiger partial charge is 0.497 e. The van der Waals surface area contributed by atoms with E-state index >= 15 is 0 Å². The molecule has 1 aromatic heterocycles. The van der Waals surface area contributed by atoms with Gasteiger partial charge in [0.1, 0.15) is 5.75 Å². The maximum absolute atomic E-state index is 14.1. The number of piperazine rings is 1. The highest BCUT2D eigenvalue weighted by Crippen LogP contribution is 2.28. The van der Waals surface area contributed by atoms with Gasteiger partial charge < -0.3 is 34.4 Å². The molecule has 4 aliphatic heterocycles. The number of likely N-dealkylation sites (N-methyl/N-ethyl adjacent to an activating group) is 1. The molecule has 0 radical (unpaired) electrons. The van der Waals surface area contributed by atoms with Crippen molar-refractivity contribution in [2.45, 2.75) is 56.7 Å². The second kappa shape index (κ2) is 14.6. The highest BCUT2D eigenvalue weighted by molar-refractivity contribution is 5.91. The van der Waals surface area contributed by atoms with E-state index < -0.39 is 12.2 Å². The maximum atomic E-state index is 14.1. The van der Waals surface area contributed by atoms with Crippen LogP contribution in [0.25, 0.3) is 10.9 Å². The Balaban J connectivity index is 0.977. The van der Waals surface area contributed by atoms with Gasteiger partial charge in [-0.1, -0.05) is 6.07 Å². The lowest BCUT2D eigenvalue weighted by Crippen LogP contribution is -2.54. The van der Waals surface area contributed by atoms with Gasteiger partial charge in [0.25, 0.3) is 5.91 Å². The van der Waals surface area contributed by atoms with E-state index in [2.05, 4.69) is 32.4 Å². The van der Waals surface area contributed by atoms with Gasteiger partial charge in [0.05, 0.1) is 18.8 Å². The number of urea groups is 1. The molecule has 13 heteroatoms. The number of amides is 4. The van der Waals surface area contributed by atoms with Crippen molar-refractivity contribution in [2.75, 3.05) is 78.4 Å². The van der Waals surface area contributed by atoms with E-state index in [0.29, 0.717) is 64.4 Å². The number of H-pyrrole nitrogens is 1. The van der Waals surface area contributed by atoms with Crippen LogP contribution in [0, 0.1) is 0 Å². The molecule has 0 saturated carbocycles. The minimum Gasteiger partial charge on any atom is -0.497 e. The van der Waals surface area contributed by atoms with Crippen LogP contribution in [0.3, 0.4) is 0 Å². The first kappa shape index (κ1) is 33.2. The lowest BCUT2D eigenvalue weighted by Gasteiger charge is -2.42. The summed E-state index contributed by atoms with van der Waals surface area (Å²) in [7, 11) is 3.80. The lowest BCUT2D eigenvalue weighted by molar-refractivity contribution is -0.142. The Kier molecular flexibility index (Phi) is 9.90. The van der Waals surface area contributed by atoms with Crippen molar-refractivity contribution in [1.82, 2.24) is 34.7 Å². The fourth-order valence-electron chi connectivity index (χ4n) is 7.81. The van der Waals surface area contributed by atoms with Crippen molar-refractivity contribution in [3.63, 3.8) is 0 Å². The van der Waals surface area contributed by atoms with Gasteiger partial charge >= 0.3 is 12.1 Å². The fourth-order valence-corrected chi connectivity index (χ4v) is 7.81. The number of nitrogens with zero attached hydrogens (tertiary/aromatic N) is 6. The predicted octanol–water partition coefficient (Wildman–Crippen LogP) is 3.41. The number of carbonyl (C=O) groups is 3. The summed E-state index contributed by atoms with van der Waals surface area (Å²) in [5.74, 6) is 0.631. The number of hydrogen-bond acceptors (Lipinski definition) is 8. The summed E-state index contributed by atoms with van der Waals surface area (Å²) < 4.78 is 11.5. The molecular weight excluding hydrogens is 624 g/mol. The Morgan fingerprint density at radius 2 is 1.63 bits per heavy atom. The molecule has 2 N–H and O–H groups in total. The molecule has 262 valence electrons. The van der Waals surface area contributed by atoms with Crippen LogP contribution in [-0.4, -0.2) is 144 Å². The van der Waals surface area contributed by atoms with Crippen molar-refractivity contribution < 1.29 is 23.9 Å². The standard InChI is InChI=1S/C36H48N8O5/c1-40-17-19-41(20-18-40)28-8-12-42(13-9-28)34(45)33(22-25-3-5-32-27(21-25)24-37-39-32)49-36(47)43-14-10-29(11-15-43)44-16-7-26-23-30(48-2)4-6-31(26)38-35(44)46/h3-6,21,23-24,28-29,33H,7-20,22H2,1-2H3,(H,37,39)(H,38,46)/t33-/m1/s1. The molecule has 5 heterocycles. The molecule has 3 aromatic rings. The second-order valence-electron chi connectivity index (χ2n) is 13.9. The number of rotatable bonds is 7. The summed E-state index contributed by atoms with van der Waals surface area (Å²) in [6, 6.07) is 12.0. The van der Waals surface area contributed by atoms with Crippen LogP contribution in [0.2, 0.25) is 0 Å². The van der Waals surface area contributed by atoms with Crippen LogP contribution in [0.15, 0.2) is 42.6 Å². The van der Waals surface area contributed by atoms with Gasteiger partial charge in [0.2, 0.25) is 0 Å². The number of hydrogen-bond donors (Lipinski definition) is 2. The average Bonchev–Trinajstić information content (AvgIpc) is 3.53. The number of aromatic amines is 1. The Hall–Kier alpha value is -4.36. The van der Waals surface area contributed by atoms with Crippen LogP contribution in [0.4, 0.5) is 15.3 Å². The van der Waals surface area contributed by atoms with Crippen LogP contribution >= 0.6 is 0 Å². The molecule has 4 amide bonds. The smallest absolute Gasteiger partial charge is 0.410 e. The summed E-state index contributed by atoms with van der Waals surface area (Å²) in [6.07, 6.45) is 4.48. The SMILES string of the molecule is COc1ccc2c(c1)CCN(C1CCN(C(=O)O[C@H](Cc3ccc4[nH]ncc4c3)C(=O)N3CCC(N4CCN(C)CC4)CC3)CC1)C(=O)N2. The Morgan fingerprint density at radius 3 is 2.39 bits per heavy atom. The zero-order chi connectivity index (χ0) is 33.9. The number of fused-ring (bicyclic) bond motifs is 2. The quantitative estimate of drug-likeness (QED) is 0.391. The van der Waals surface area contributed by atoms with Crippen molar-refractivity contribution in [3.05, 3.63) is 53.7 Å². The number of piperidine rings is 2. The third-order valence-electron chi connectivity index (χ3n) is 10.9. The minimum atomic E-state index is -0.929. The molecule has 2 aromatic carbocycles. The summed E-state index contributed by atoms with van der Waals surface area (Å²) in [5, 5.41) is 11.1. The number of methoxy groups -OCH3 is 1. The van der Waals surface area contributed by atoms with E-state index in [1.807, 2.05) is 46.2 Å². The second-order valence-corrected chi connectivity index (χ2v) is 13.9. The van der Waals surface area contributed by atoms with Gasteiger partial charge in [-0.05, 0) is 80.6 Å². The molecule has 0 aliphatic carbocycles. The van der Waals surface area contributed by atoms with Gasteiger partial charge in [0, 0.05) is 88.5 Å². The highest BCUT2D eigenvalue weighted by atomic mass is 16.6. The number of aromatic nitrogens is 2. The van der Waals surface area contributed by atoms with Crippen molar-refractivity contribution in [1.29, 1.82) is 0 Å². The van der Waals surface area contributed by atoms with Crippen molar-refractivity contribution in [3.8, 4) is 5.75 Å². The third-order valence-corrected chi connectivity index (χ3v) is 10.9. The number of nitrogens with one attached hydrogen (secondary N) is 2. The molecule has 0 bridgehead atoms. The van der Waals surface area contributed by atoms with E-state index in [4.69, 9.17) is 9.47 Å². The normalized spacial score (nSPS) is 20.9. The van der Waals surface area contributed by atoms with E-state index in [1.54, 1.807) is 18.2 Å². The molecule has 4 aliphatic rings. The molecule has 1 atom stereocenters. The van der Waals surface area contributed by atoms with Gasteiger partial charge in [-0.2, -0.15) is 5.10 Å². The molecule has 49 heavy (non-hydrogen) atoms. The zero-order valence-corrected chi connectivity index (χ0v) is 28.6. The van der Waals surface area contributed by atoms with Crippen molar-refractivity contribution in [2.24, 2.45) is 0 Å². The molecule has 0 unspecified atom stereocenters. The van der Waals surface area contributed by atoms with E-state index in [9.17, 15) is 14.4 Å². The summed E-state index contributed by atoms with van der Waals surface area (Å²) >= 11 is 0. The van der Waals surface area contributed by atoms with Crippen LogP contribution in [0.5, 0.6) is 5.75 Å². The number of benzene rings is 2. The van der Waals surface area contributed by atoms with Gasteiger partial charge in [-0.25, -0.2) is 9.59 Å². The number of ether oxygens (including phenoxy) is 2. The monoisotopic (exact) mass is 672 g/mol. The van der Waals surface area contributed by atoms with Crippen LogP contribution in [0.1, 0.15) is 36.8 Å². The highest BCUT2D eigenvalue weighted by Gasteiger charge is 2.36. The first-order valence-corrected chi connectivity index (χ1v) is 17.7. The van der Waals surface area contributed by atoms with Gasteiger partial charge in [0.15, 0.2) is 6.10 Å². The fraction of sp³-hybridized carbons (Fsp3) is 0.556. The Bertz CT molecular complexity index is 1640. The predicted molar refractivity (Wildman–Crippen MR) is 186 cm³/mol. The zero-order valence-electron chi connectivity index (χ0n) is 28.6. The first-order chi connectivity index (χ1) is 23.8. The van der Waals surface area contributed by atoms with Gasteiger partial charge in [-0.15, -0.1) is 0 Å². The number of anilines is 1. The van der Waals surface area contributed by atoms with E-state index in [0.717, 1.165) is 72.5 Å². The lowest BCUT2D eigenvalue weighted by atomic mass is 10.00. The molecule has 13 nitrogen and oxygen atoms in total. The molecular formula is C36H48N8O5. The molecule has 0 spiro atoms. The first-order valence-electron chi connectivity index (χ1n) is 17.7. The summed E-state index contributed by atoms with van der Waals surface area (Å²) in [5.41, 5.74) is 3.68. The molecule has 7 rings (SSSR count). The summed E-state index contributed by atoms with van der Waals surface area (Å²) in [6.45, 7) is 7.08. The maximum Gasteiger partial charge on any atom is 0.410 e. The topological polar surface area (TPSA) is 127 Å². The average molecular weight is 673 g/mol. The van der Waals surface area contributed by atoms with Crippen LogP contribution < -0.4 is 10.1 Å². The third kappa shape index (κ3) is 7.47. The summed E-state index contributed by atoms with van der Waals surface area (Å²) in [4.78, 5) is 51.3.